The third-order valence-electron chi connectivity index (χ3n) is 5.95. The number of aliphatic hydroxyl groups is 1. The van der Waals surface area contributed by atoms with Gasteiger partial charge in [-0.3, -0.25) is 0 Å². The lowest BCUT2D eigenvalue weighted by molar-refractivity contribution is -0.0899. The van der Waals surface area contributed by atoms with E-state index in [-0.39, 0.29) is 37.1 Å². The summed E-state index contributed by atoms with van der Waals surface area (Å²) in [5.74, 6) is -4.22. The summed E-state index contributed by atoms with van der Waals surface area (Å²) in [5, 5.41) is 11.2. The molecule has 7 heteroatoms. The first-order chi connectivity index (χ1) is 13.9. The van der Waals surface area contributed by atoms with Gasteiger partial charge < -0.3 is 14.7 Å². The molecule has 2 aliphatic rings. The van der Waals surface area contributed by atoms with E-state index in [0.717, 1.165) is 24.1 Å². The Morgan fingerprint density at radius 2 is 1.66 bits per heavy atom. The van der Waals surface area contributed by atoms with E-state index in [4.69, 9.17) is 4.74 Å². The van der Waals surface area contributed by atoms with Gasteiger partial charge in [0.15, 0.2) is 17.5 Å². The maximum Gasteiger partial charge on any atom is 0.410 e. The lowest BCUT2D eigenvalue weighted by Crippen LogP contribution is -2.59. The van der Waals surface area contributed by atoms with Crippen LogP contribution in [0.25, 0.3) is 0 Å². The highest BCUT2D eigenvalue weighted by molar-refractivity contribution is 5.69. The normalized spacial score (nSPS) is 26.3. The smallest absolute Gasteiger partial charge is 0.410 e. The highest BCUT2D eigenvalue weighted by Gasteiger charge is 2.49. The zero-order chi connectivity index (χ0) is 20.6. The van der Waals surface area contributed by atoms with Crippen LogP contribution in [-0.2, 0) is 16.9 Å². The maximum absolute atomic E-state index is 13.7. The number of nitrogens with zero attached hydrogens (tertiary/aromatic N) is 1. The summed E-state index contributed by atoms with van der Waals surface area (Å²) >= 11 is 0. The lowest BCUT2D eigenvalue weighted by Gasteiger charge is -2.51. The van der Waals surface area contributed by atoms with Gasteiger partial charge in [-0.1, -0.05) is 30.3 Å². The third kappa shape index (κ3) is 3.83. The average Bonchev–Trinajstić information content (AvgIpc) is 2.70. The van der Waals surface area contributed by atoms with E-state index >= 15 is 0 Å². The van der Waals surface area contributed by atoms with Crippen molar-refractivity contribution < 1.29 is 27.8 Å². The number of amides is 1. The number of hydrogen-bond acceptors (Lipinski definition) is 3. The van der Waals surface area contributed by atoms with Crippen molar-refractivity contribution in [3.8, 4) is 0 Å². The Hall–Kier alpha value is -2.54. The molecule has 4 rings (SSSR count). The van der Waals surface area contributed by atoms with E-state index in [0.29, 0.717) is 12.8 Å². The number of fused-ring (bicyclic) bond motifs is 2. The van der Waals surface area contributed by atoms with Gasteiger partial charge in [-0.15, -0.1) is 0 Å². The van der Waals surface area contributed by atoms with Crippen LogP contribution in [0.1, 0.15) is 43.2 Å². The zero-order valence-electron chi connectivity index (χ0n) is 15.8. The predicted octanol–water partition coefficient (Wildman–Crippen LogP) is 4.65. The fourth-order valence-electron chi connectivity index (χ4n) is 4.58. The number of hydrogen-bond donors (Lipinski definition) is 1. The second-order valence-electron chi connectivity index (χ2n) is 7.88. The van der Waals surface area contributed by atoms with Gasteiger partial charge >= 0.3 is 6.09 Å². The first kappa shape index (κ1) is 19.8. The van der Waals surface area contributed by atoms with E-state index < -0.39 is 29.1 Å². The summed E-state index contributed by atoms with van der Waals surface area (Å²) in [6, 6.07) is 10.4. The molecule has 4 nitrogen and oxygen atoms in total. The van der Waals surface area contributed by atoms with Crippen molar-refractivity contribution in [1.29, 1.82) is 0 Å². The summed E-state index contributed by atoms with van der Waals surface area (Å²) in [5.41, 5.74) is -0.652. The number of benzene rings is 2. The quantitative estimate of drug-likeness (QED) is 0.757. The number of ether oxygens (including phenoxy) is 1. The first-order valence-electron chi connectivity index (χ1n) is 9.74. The van der Waals surface area contributed by atoms with Gasteiger partial charge in [0, 0.05) is 24.9 Å². The van der Waals surface area contributed by atoms with Gasteiger partial charge in [-0.25, -0.2) is 18.0 Å². The van der Waals surface area contributed by atoms with E-state index in [1.807, 2.05) is 30.3 Å². The maximum atomic E-state index is 13.7. The van der Waals surface area contributed by atoms with Crippen molar-refractivity contribution in [2.75, 3.05) is 0 Å². The minimum atomic E-state index is -1.56. The molecule has 1 amide bonds. The number of rotatable bonds is 3. The molecule has 2 fully saturated rings. The van der Waals surface area contributed by atoms with Crippen molar-refractivity contribution in [2.45, 2.75) is 56.4 Å². The van der Waals surface area contributed by atoms with Crippen LogP contribution < -0.4 is 0 Å². The van der Waals surface area contributed by atoms with Crippen molar-refractivity contribution in [3.63, 3.8) is 0 Å². The molecule has 154 valence electrons. The van der Waals surface area contributed by atoms with Crippen LogP contribution >= 0.6 is 0 Å². The number of carbonyl (C=O) groups is 1. The van der Waals surface area contributed by atoms with Gasteiger partial charge in [0.25, 0.3) is 0 Å². The highest BCUT2D eigenvalue weighted by atomic mass is 19.2. The summed E-state index contributed by atoms with van der Waals surface area (Å²) < 4.78 is 46.2. The molecule has 2 saturated heterocycles. The molecular formula is C22H22F3NO3. The molecule has 2 atom stereocenters. The molecular weight excluding hydrogens is 383 g/mol. The summed E-state index contributed by atoms with van der Waals surface area (Å²) in [7, 11) is 0. The average molecular weight is 405 g/mol. The van der Waals surface area contributed by atoms with Crippen LogP contribution in [0.2, 0.25) is 0 Å². The SMILES string of the molecule is O=C(OCc1ccccc1)N1C2CCCC1CC(O)(c1cc(F)c(F)c(F)c1)C2. The van der Waals surface area contributed by atoms with E-state index in [2.05, 4.69) is 0 Å². The fraction of sp³-hybridized carbons (Fsp3) is 0.409. The number of halogens is 3. The predicted molar refractivity (Wildman–Crippen MR) is 99.3 cm³/mol. The van der Waals surface area contributed by atoms with Gasteiger partial charge in [0.2, 0.25) is 0 Å². The second-order valence-corrected chi connectivity index (χ2v) is 7.88. The summed E-state index contributed by atoms with van der Waals surface area (Å²) in [4.78, 5) is 14.4. The van der Waals surface area contributed by atoms with Crippen LogP contribution in [0.5, 0.6) is 0 Å². The molecule has 2 aromatic rings. The summed E-state index contributed by atoms with van der Waals surface area (Å²) in [6.07, 6.45) is 1.99. The first-order valence-corrected chi connectivity index (χ1v) is 9.74. The molecule has 2 heterocycles. The third-order valence-corrected chi connectivity index (χ3v) is 5.95. The van der Waals surface area contributed by atoms with Crippen LogP contribution in [0.15, 0.2) is 42.5 Å². The van der Waals surface area contributed by atoms with Gasteiger partial charge in [0.1, 0.15) is 6.61 Å². The van der Waals surface area contributed by atoms with Crippen molar-refractivity contribution in [2.24, 2.45) is 0 Å². The molecule has 2 unspecified atom stereocenters. The molecule has 0 spiro atoms. The van der Waals surface area contributed by atoms with E-state index in [1.165, 1.54) is 0 Å². The Balaban J connectivity index is 1.52. The molecule has 0 radical (unpaired) electrons. The molecule has 2 aromatic carbocycles. The zero-order valence-corrected chi connectivity index (χ0v) is 15.8. The molecule has 1 N–H and O–H groups in total. The lowest BCUT2D eigenvalue weighted by atomic mass is 9.72. The molecule has 0 aromatic heterocycles. The standard InChI is InChI=1S/C22H22F3NO3/c23-18-9-15(10-19(24)20(18)25)22(28)11-16-7-4-8-17(12-22)26(16)21(27)29-13-14-5-2-1-3-6-14/h1-3,5-6,9-10,16-17,28H,4,7-8,11-13H2. The van der Waals surface area contributed by atoms with Crippen molar-refractivity contribution in [1.82, 2.24) is 4.90 Å². The summed E-state index contributed by atoms with van der Waals surface area (Å²) in [6.45, 7) is 0.147. The van der Waals surface area contributed by atoms with Crippen LogP contribution in [0.4, 0.5) is 18.0 Å². The van der Waals surface area contributed by atoms with Crippen molar-refractivity contribution in [3.05, 3.63) is 71.0 Å². The van der Waals surface area contributed by atoms with Gasteiger partial charge in [0.05, 0.1) is 5.60 Å². The van der Waals surface area contributed by atoms with Crippen LogP contribution in [0, 0.1) is 17.5 Å². The van der Waals surface area contributed by atoms with E-state index in [1.54, 1.807) is 4.90 Å². The van der Waals surface area contributed by atoms with Crippen LogP contribution in [-0.4, -0.2) is 28.2 Å². The number of carbonyl (C=O) groups excluding carboxylic acids is 1. The largest absolute Gasteiger partial charge is 0.445 e. The van der Waals surface area contributed by atoms with Crippen LogP contribution in [0.3, 0.4) is 0 Å². The highest BCUT2D eigenvalue weighted by Crippen LogP contribution is 2.45. The Morgan fingerprint density at radius 1 is 1.07 bits per heavy atom. The molecule has 2 aliphatic heterocycles. The Kier molecular flexibility index (Phi) is 5.25. The van der Waals surface area contributed by atoms with E-state index in [9.17, 15) is 23.1 Å². The number of piperidine rings is 2. The fourth-order valence-corrected chi connectivity index (χ4v) is 4.58. The Morgan fingerprint density at radius 3 is 2.24 bits per heavy atom. The second kappa shape index (κ2) is 7.71. The molecule has 2 bridgehead atoms. The minimum Gasteiger partial charge on any atom is -0.445 e. The topological polar surface area (TPSA) is 49.8 Å². The minimum absolute atomic E-state index is 0.00287. The molecule has 0 saturated carbocycles. The molecule has 0 aliphatic carbocycles. The Labute approximate surface area is 166 Å². The van der Waals surface area contributed by atoms with Crippen molar-refractivity contribution >= 4 is 6.09 Å². The monoisotopic (exact) mass is 405 g/mol. The molecule has 29 heavy (non-hydrogen) atoms. The van der Waals surface area contributed by atoms with Gasteiger partial charge in [-0.2, -0.15) is 0 Å². The van der Waals surface area contributed by atoms with Gasteiger partial charge in [-0.05, 0) is 42.5 Å². The Bertz CT molecular complexity index is 868.